The molecule has 3 heteroatoms. The van der Waals surface area contributed by atoms with E-state index in [1.54, 1.807) is 12.3 Å². The molecule has 0 radical (unpaired) electrons. The van der Waals surface area contributed by atoms with Gasteiger partial charge in [-0.3, -0.25) is 5.21 Å². The summed E-state index contributed by atoms with van der Waals surface area (Å²) in [7, 11) is 1.50. The molecule has 0 spiro atoms. The summed E-state index contributed by atoms with van der Waals surface area (Å²) in [6, 6.07) is 0. The van der Waals surface area contributed by atoms with Gasteiger partial charge in [-0.2, -0.15) is 0 Å². The quantitative estimate of drug-likeness (QED) is 0.494. The SMILES string of the molecule is C/C=C\NN(C)O. The van der Waals surface area contributed by atoms with Crippen molar-refractivity contribution in [3.63, 3.8) is 0 Å². The highest BCUT2D eigenvalue weighted by molar-refractivity contribution is 4.70. The second-order valence-corrected chi connectivity index (χ2v) is 1.15. The Bertz CT molecular complexity index is 60.7. The molecule has 0 aliphatic carbocycles. The summed E-state index contributed by atoms with van der Waals surface area (Å²) in [4.78, 5) is 0. The summed E-state index contributed by atoms with van der Waals surface area (Å²) < 4.78 is 0. The van der Waals surface area contributed by atoms with Crippen LogP contribution in [-0.2, 0) is 0 Å². The topological polar surface area (TPSA) is 35.5 Å². The van der Waals surface area contributed by atoms with Crippen LogP contribution in [0.25, 0.3) is 0 Å². The molecule has 2 N–H and O–H groups in total. The molecule has 0 bridgehead atoms. The van der Waals surface area contributed by atoms with Crippen molar-refractivity contribution in [1.29, 1.82) is 0 Å². The number of nitrogens with one attached hydrogen (secondary N) is 1. The average molecular weight is 102 g/mol. The zero-order chi connectivity index (χ0) is 5.70. The molecule has 7 heavy (non-hydrogen) atoms. The third kappa shape index (κ3) is 5.46. The molecule has 0 aromatic rings. The number of allylic oxidation sites excluding steroid dienone is 1. The molecule has 0 amide bonds. The maximum atomic E-state index is 8.35. The first-order chi connectivity index (χ1) is 3.27. The predicted octanol–water partition coefficient (Wildman–Crippen LogP) is 0.346. The monoisotopic (exact) mass is 102 g/mol. The molecule has 0 aromatic heterocycles. The van der Waals surface area contributed by atoms with E-state index in [9.17, 15) is 0 Å². The van der Waals surface area contributed by atoms with Gasteiger partial charge in [-0.25, -0.2) is 0 Å². The van der Waals surface area contributed by atoms with Crippen molar-refractivity contribution in [2.45, 2.75) is 6.92 Å². The van der Waals surface area contributed by atoms with Crippen molar-refractivity contribution in [1.82, 2.24) is 10.6 Å². The van der Waals surface area contributed by atoms with Crippen LogP contribution < -0.4 is 5.43 Å². The number of rotatable bonds is 2. The van der Waals surface area contributed by atoms with Gasteiger partial charge < -0.3 is 5.43 Å². The van der Waals surface area contributed by atoms with Gasteiger partial charge in [-0.1, -0.05) is 6.08 Å². The van der Waals surface area contributed by atoms with Gasteiger partial charge in [0.1, 0.15) is 0 Å². The minimum atomic E-state index is 0.875. The second-order valence-electron chi connectivity index (χ2n) is 1.15. The van der Waals surface area contributed by atoms with Gasteiger partial charge in [-0.05, 0) is 6.92 Å². The Morgan fingerprint density at radius 2 is 2.29 bits per heavy atom. The first-order valence-corrected chi connectivity index (χ1v) is 2.07. The largest absolute Gasteiger partial charge is 0.304 e. The van der Waals surface area contributed by atoms with E-state index in [2.05, 4.69) is 5.43 Å². The fraction of sp³-hybridized carbons (Fsp3) is 0.500. The number of nitrogens with zero attached hydrogens (tertiary/aromatic N) is 1. The number of hydrogen-bond donors (Lipinski definition) is 2. The molecule has 3 nitrogen and oxygen atoms in total. The Morgan fingerprint density at radius 1 is 1.71 bits per heavy atom. The van der Waals surface area contributed by atoms with Gasteiger partial charge in [0.25, 0.3) is 0 Å². The Kier molecular flexibility index (Phi) is 3.36. The Balaban J connectivity index is 2.97. The number of hydrogen-bond acceptors (Lipinski definition) is 3. The van der Waals surface area contributed by atoms with Crippen molar-refractivity contribution < 1.29 is 5.21 Å². The molecule has 0 saturated heterocycles. The highest BCUT2D eigenvalue weighted by atomic mass is 16.5. The minimum absolute atomic E-state index is 0.875. The van der Waals surface area contributed by atoms with Crippen molar-refractivity contribution in [3.8, 4) is 0 Å². The number of hydrazine groups is 1. The predicted molar refractivity (Wildman–Crippen MR) is 27.5 cm³/mol. The van der Waals surface area contributed by atoms with Crippen LogP contribution in [0.5, 0.6) is 0 Å². The van der Waals surface area contributed by atoms with E-state index in [1.165, 1.54) is 7.05 Å². The Morgan fingerprint density at radius 3 is 2.43 bits per heavy atom. The molecular formula is C4H10N2O. The smallest absolute Gasteiger partial charge is 0.0336 e. The van der Waals surface area contributed by atoms with Crippen LogP contribution in [0.1, 0.15) is 6.92 Å². The highest BCUT2D eigenvalue weighted by Gasteiger charge is 1.74. The summed E-state index contributed by atoms with van der Waals surface area (Å²) in [6.45, 7) is 1.86. The third-order valence-corrected chi connectivity index (χ3v) is 0.428. The first-order valence-electron chi connectivity index (χ1n) is 2.07. The lowest BCUT2D eigenvalue weighted by Gasteiger charge is -2.04. The van der Waals surface area contributed by atoms with E-state index in [0.29, 0.717) is 0 Å². The minimum Gasteiger partial charge on any atom is -0.304 e. The molecule has 0 saturated carbocycles. The van der Waals surface area contributed by atoms with E-state index in [4.69, 9.17) is 5.21 Å². The first kappa shape index (κ1) is 6.46. The third-order valence-electron chi connectivity index (χ3n) is 0.428. The van der Waals surface area contributed by atoms with Gasteiger partial charge in [0.05, 0.1) is 0 Å². The molecule has 42 valence electrons. The van der Waals surface area contributed by atoms with Gasteiger partial charge in [0, 0.05) is 13.2 Å². The summed E-state index contributed by atoms with van der Waals surface area (Å²) in [5, 5.41) is 9.23. The zero-order valence-corrected chi connectivity index (χ0v) is 4.55. The van der Waals surface area contributed by atoms with Crippen LogP contribution in [0.4, 0.5) is 0 Å². The van der Waals surface area contributed by atoms with Gasteiger partial charge in [-0.15, -0.1) is 5.17 Å². The zero-order valence-electron chi connectivity index (χ0n) is 4.55. The van der Waals surface area contributed by atoms with E-state index >= 15 is 0 Å². The second kappa shape index (κ2) is 3.64. The van der Waals surface area contributed by atoms with Crippen LogP contribution >= 0.6 is 0 Å². The molecular weight excluding hydrogens is 92.1 g/mol. The van der Waals surface area contributed by atoms with E-state index in [-0.39, 0.29) is 0 Å². The van der Waals surface area contributed by atoms with Crippen LogP contribution in [0.3, 0.4) is 0 Å². The summed E-state index contributed by atoms with van der Waals surface area (Å²) in [5.41, 5.74) is 2.50. The molecule has 0 unspecified atom stereocenters. The van der Waals surface area contributed by atoms with Gasteiger partial charge in [0.2, 0.25) is 0 Å². The molecule has 0 fully saturated rings. The normalized spacial score (nSPS) is 10.9. The Hall–Kier alpha value is -0.540. The lowest BCUT2D eigenvalue weighted by molar-refractivity contribution is -0.0984. The molecule has 0 aromatic carbocycles. The highest BCUT2D eigenvalue weighted by Crippen LogP contribution is 1.63. The van der Waals surface area contributed by atoms with Crippen LogP contribution in [-0.4, -0.2) is 17.4 Å². The van der Waals surface area contributed by atoms with E-state index < -0.39 is 0 Å². The van der Waals surface area contributed by atoms with E-state index in [0.717, 1.165) is 5.17 Å². The van der Waals surface area contributed by atoms with Crippen molar-refractivity contribution in [3.05, 3.63) is 12.3 Å². The molecule has 0 aliphatic rings. The summed E-state index contributed by atoms with van der Waals surface area (Å²) in [5.74, 6) is 0. The molecule has 0 aliphatic heterocycles. The fourth-order valence-electron chi connectivity index (χ4n) is 0.182. The van der Waals surface area contributed by atoms with Crippen LogP contribution in [0.2, 0.25) is 0 Å². The van der Waals surface area contributed by atoms with Crippen molar-refractivity contribution in [2.75, 3.05) is 7.05 Å². The van der Waals surface area contributed by atoms with Gasteiger partial charge in [0.15, 0.2) is 0 Å². The number of hydroxylamine groups is 1. The lowest BCUT2D eigenvalue weighted by Crippen LogP contribution is -2.25. The van der Waals surface area contributed by atoms with Gasteiger partial charge >= 0.3 is 0 Å². The van der Waals surface area contributed by atoms with Crippen molar-refractivity contribution in [2.24, 2.45) is 0 Å². The maximum Gasteiger partial charge on any atom is 0.0336 e. The molecule has 0 heterocycles. The maximum absolute atomic E-state index is 8.35. The lowest BCUT2D eigenvalue weighted by atomic mass is 10.7. The summed E-state index contributed by atoms with van der Waals surface area (Å²) >= 11 is 0. The van der Waals surface area contributed by atoms with Crippen LogP contribution in [0, 0.1) is 0 Å². The molecule has 0 rings (SSSR count). The van der Waals surface area contributed by atoms with Crippen molar-refractivity contribution >= 4 is 0 Å². The molecule has 0 atom stereocenters. The Labute approximate surface area is 43.2 Å². The average Bonchev–Trinajstić information content (AvgIpc) is 1.61. The van der Waals surface area contributed by atoms with Crippen LogP contribution in [0.15, 0.2) is 12.3 Å². The summed E-state index contributed by atoms with van der Waals surface area (Å²) in [6.07, 6.45) is 3.41. The fourth-order valence-corrected chi connectivity index (χ4v) is 0.182. The van der Waals surface area contributed by atoms with E-state index in [1.807, 2.05) is 6.92 Å². The standard InChI is InChI=1S/C4H10N2O/c1-3-4-5-6(2)7/h3-5,7H,1-2H3/b4-3-.